The minimum atomic E-state index is -3.76. The maximum Gasteiger partial charge on any atom is 0.331 e. The van der Waals surface area contributed by atoms with Gasteiger partial charge in [-0.1, -0.05) is 6.92 Å². The van der Waals surface area contributed by atoms with Crippen molar-refractivity contribution in [1.29, 1.82) is 0 Å². The van der Waals surface area contributed by atoms with Crippen molar-refractivity contribution in [2.45, 2.75) is 88.9 Å². The van der Waals surface area contributed by atoms with Crippen molar-refractivity contribution in [1.82, 2.24) is 0 Å². The van der Waals surface area contributed by atoms with Crippen LogP contribution in [0, 0.1) is 28.6 Å². The molecule has 1 heterocycles. The van der Waals surface area contributed by atoms with Gasteiger partial charge in [0.15, 0.2) is 0 Å². The molecule has 0 unspecified atom stereocenters. The summed E-state index contributed by atoms with van der Waals surface area (Å²) in [6.07, 6.45) is 7.01. The summed E-state index contributed by atoms with van der Waals surface area (Å²) in [5, 5.41) is 24.5. The SMILES string of the molecule is CC(=O)O[C@H]1CC[C@]2(COS(C)(=O)=O)[C@H]3CC[C@]4(C)[C@@H](C5=CC(=O)OC5)CC[C@@]4(O)[C@@H]3CC[C@@]2(O)C1. The third-order valence-corrected chi connectivity index (χ3v) is 11.2. The number of fused-ring (bicyclic) bond motifs is 5. The lowest BCUT2D eigenvalue weighted by atomic mass is 9.41. The van der Waals surface area contributed by atoms with Gasteiger partial charge in [0, 0.05) is 30.3 Å². The minimum Gasteiger partial charge on any atom is -0.462 e. The Labute approximate surface area is 212 Å². The first-order valence-corrected chi connectivity index (χ1v) is 14.9. The van der Waals surface area contributed by atoms with Crippen LogP contribution in [0.1, 0.15) is 71.6 Å². The van der Waals surface area contributed by atoms with Gasteiger partial charge in [-0.15, -0.1) is 0 Å². The van der Waals surface area contributed by atoms with E-state index >= 15 is 0 Å². The summed E-state index contributed by atoms with van der Waals surface area (Å²) in [7, 11) is -3.76. The predicted octanol–water partition coefficient (Wildman–Crippen LogP) is 2.25. The highest BCUT2D eigenvalue weighted by atomic mass is 32.2. The summed E-state index contributed by atoms with van der Waals surface area (Å²) in [6.45, 7) is 3.58. The molecule has 8 atom stereocenters. The number of hydrogen-bond donors (Lipinski definition) is 2. The van der Waals surface area contributed by atoms with Crippen molar-refractivity contribution in [3.05, 3.63) is 11.6 Å². The highest BCUT2D eigenvalue weighted by Crippen LogP contribution is 2.70. The Morgan fingerprint density at radius 3 is 2.47 bits per heavy atom. The second-order valence-electron chi connectivity index (χ2n) is 12.2. The fraction of sp³-hybridized carbons (Fsp3) is 0.846. The largest absolute Gasteiger partial charge is 0.462 e. The van der Waals surface area contributed by atoms with Crippen LogP contribution in [0.3, 0.4) is 0 Å². The van der Waals surface area contributed by atoms with E-state index in [0.717, 1.165) is 18.2 Å². The van der Waals surface area contributed by atoms with Crippen molar-refractivity contribution in [3.63, 3.8) is 0 Å². The molecule has 0 aromatic carbocycles. The smallest absolute Gasteiger partial charge is 0.331 e. The molecule has 10 heteroatoms. The van der Waals surface area contributed by atoms with Gasteiger partial charge in [-0.25, -0.2) is 4.79 Å². The van der Waals surface area contributed by atoms with E-state index in [1.807, 2.05) is 0 Å². The lowest BCUT2D eigenvalue weighted by molar-refractivity contribution is -0.268. The second kappa shape index (κ2) is 8.51. The Bertz CT molecular complexity index is 1080. The molecule has 5 aliphatic rings. The number of cyclic esters (lactones) is 1. The van der Waals surface area contributed by atoms with Crippen LogP contribution in [0.15, 0.2) is 11.6 Å². The standard InChI is InChI=1S/C26H38O9S/c1-16(27)35-18-4-9-24(15-34-36(3,31)32)20-5-8-23(2)19(17-12-22(28)33-14-17)7-11-26(23,30)21(20)6-10-25(24,29)13-18/h12,18-21,29-30H,4-11,13-15H2,1-3H3/t18-,19+,20-,21+,23+,24-,25+,26+/m0/s1. The molecule has 4 fully saturated rings. The molecule has 36 heavy (non-hydrogen) atoms. The number of carbonyl (C=O) groups is 2. The summed E-state index contributed by atoms with van der Waals surface area (Å²) in [5.41, 5.74) is -2.67. The molecule has 202 valence electrons. The molecule has 4 aliphatic carbocycles. The van der Waals surface area contributed by atoms with Crippen molar-refractivity contribution in [3.8, 4) is 0 Å². The van der Waals surface area contributed by atoms with Crippen LogP contribution in [-0.2, 0) is 33.4 Å². The molecule has 0 aromatic rings. The summed E-state index contributed by atoms with van der Waals surface area (Å²) in [5.74, 6) is -0.988. The molecule has 0 aromatic heterocycles. The Kier molecular flexibility index (Phi) is 6.18. The quantitative estimate of drug-likeness (QED) is 0.408. The van der Waals surface area contributed by atoms with Gasteiger partial charge in [0.25, 0.3) is 10.1 Å². The van der Waals surface area contributed by atoms with Gasteiger partial charge in [-0.05, 0) is 74.7 Å². The van der Waals surface area contributed by atoms with Crippen LogP contribution in [-0.4, -0.2) is 67.3 Å². The number of ether oxygens (including phenoxy) is 2. The molecule has 2 N–H and O–H groups in total. The Hall–Kier alpha value is -1.49. The van der Waals surface area contributed by atoms with Crippen LogP contribution in [0.2, 0.25) is 0 Å². The van der Waals surface area contributed by atoms with Gasteiger partial charge in [0.05, 0.1) is 24.1 Å². The van der Waals surface area contributed by atoms with E-state index < -0.39 is 44.2 Å². The Balaban J connectivity index is 1.50. The molecule has 0 bridgehead atoms. The fourth-order valence-corrected chi connectivity index (χ4v) is 9.44. The minimum absolute atomic E-state index is 0.0404. The number of hydrogen-bond acceptors (Lipinski definition) is 9. The van der Waals surface area contributed by atoms with E-state index in [2.05, 4.69) is 6.92 Å². The second-order valence-corrected chi connectivity index (χ2v) is 13.8. The summed E-state index contributed by atoms with van der Waals surface area (Å²) in [6, 6.07) is 0. The lowest BCUT2D eigenvalue weighted by Crippen LogP contribution is -2.69. The normalized spacial score (nSPS) is 46.2. The number of esters is 2. The summed E-state index contributed by atoms with van der Waals surface area (Å²) < 4.78 is 40.2. The van der Waals surface area contributed by atoms with Crippen molar-refractivity contribution >= 4 is 22.1 Å². The van der Waals surface area contributed by atoms with Crippen molar-refractivity contribution in [2.75, 3.05) is 19.5 Å². The molecule has 0 spiro atoms. The van der Waals surface area contributed by atoms with E-state index in [9.17, 15) is 28.2 Å². The maximum atomic E-state index is 12.4. The number of aliphatic hydroxyl groups is 2. The average Bonchev–Trinajstić information content (AvgIpc) is 3.31. The van der Waals surface area contributed by atoms with Gasteiger partial charge in [0.1, 0.15) is 12.7 Å². The highest BCUT2D eigenvalue weighted by Gasteiger charge is 2.71. The summed E-state index contributed by atoms with van der Waals surface area (Å²) >= 11 is 0. The lowest BCUT2D eigenvalue weighted by Gasteiger charge is -2.66. The van der Waals surface area contributed by atoms with Gasteiger partial charge >= 0.3 is 11.9 Å². The Morgan fingerprint density at radius 2 is 1.83 bits per heavy atom. The zero-order valence-corrected chi connectivity index (χ0v) is 22.1. The van der Waals surface area contributed by atoms with E-state index in [-0.39, 0.29) is 43.4 Å². The van der Waals surface area contributed by atoms with Crippen LogP contribution < -0.4 is 0 Å². The monoisotopic (exact) mass is 526 g/mol. The van der Waals surface area contributed by atoms with Crippen LogP contribution in [0.25, 0.3) is 0 Å². The molecule has 1 aliphatic heterocycles. The topological polar surface area (TPSA) is 136 Å². The van der Waals surface area contributed by atoms with Crippen molar-refractivity contribution < 1.29 is 41.9 Å². The summed E-state index contributed by atoms with van der Waals surface area (Å²) in [4.78, 5) is 23.4. The molecule has 9 nitrogen and oxygen atoms in total. The zero-order valence-electron chi connectivity index (χ0n) is 21.3. The van der Waals surface area contributed by atoms with Gasteiger partial charge in [0.2, 0.25) is 0 Å². The van der Waals surface area contributed by atoms with E-state index in [1.54, 1.807) is 6.08 Å². The first kappa shape index (κ1) is 26.1. The van der Waals surface area contributed by atoms with Gasteiger partial charge in [-0.3, -0.25) is 8.98 Å². The molecule has 4 saturated carbocycles. The van der Waals surface area contributed by atoms with Crippen LogP contribution in [0.4, 0.5) is 0 Å². The first-order chi connectivity index (χ1) is 16.7. The van der Waals surface area contributed by atoms with Crippen molar-refractivity contribution in [2.24, 2.45) is 28.6 Å². The molecule has 0 radical (unpaired) electrons. The molecular formula is C26H38O9S. The predicted molar refractivity (Wildman–Crippen MR) is 128 cm³/mol. The zero-order chi connectivity index (χ0) is 26.1. The molecule has 0 amide bonds. The Morgan fingerprint density at radius 1 is 1.11 bits per heavy atom. The van der Waals surface area contributed by atoms with E-state index in [4.69, 9.17) is 13.7 Å². The van der Waals surface area contributed by atoms with Crippen LogP contribution in [0.5, 0.6) is 0 Å². The first-order valence-electron chi connectivity index (χ1n) is 13.1. The van der Waals surface area contributed by atoms with Crippen LogP contribution >= 0.6 is 0 Å². The molecule has 5 rings (SSSR count). The average molecular weight is 527 g/mol. The number of carbonyl (C=O) groups excluding carboxylic acids is 2. The fourth-order valence-electron chi connectivity index (χ4n) is 9.02. The molecular weight excluding hydrogens is 488 g/mol. The van der Waals surface area contributed by atoms with E-state index in [1.165, 1.54) is 6.92 Å². The highest BCUT2D eigenvalue weighted by molar-refractivity contribution is 7.85. The van der Waals surface area contributed by atoms with Gasteiger partial charge in [-0.2, -0.15) is 8.42 Å². The van der Waals surface area contributed by atoms with E-state index in [0.29, 0.717) is 44.9 Å². The maximum absolute atomic E-state index is 12.4. The third-order valence-electron chi connectivity index (χ3n) is 10.6. The number of rotatable bonds is 5. The molecule has 0 saturated heterocycles. The third kappa shape index (κ3) is 3.85. The van der Waals surface area contributed by atoms with Gasteiger partial charge < -0.3 is 19.7 Å².